The third kappa shape index (κ3) is 3.40. The lowest BCUT2D eigenvalue weighted by molar-refractivity contribution is 0.0935. The molecule has 3 heterocycles. The van der Waals surface area contributed by atoms with Crippen LogP contribution < -0.4 is 5.32 Å². The van der Waals surface area contributed by atoms with Crippen LogP contribution in [0.25, 0.3) is 11.4 Å². The van der Waals surface area contributed by atoms with E-state index >= 15 is 0 Å². The van der Waals surface area contributed by atoms with Crippen molar-refractivity contribution in [2.75, 3.05) is 0 Å². The minimum Gasteiger partial charge on any atom is -0.348 e. The first-order valence-electron chi connectivity index (χ1n) is 7.02. The van der Waals surface area contributed by atoms with E-state index in [2.05, 4.69) is 26.6 Å². The lowest BCUT2D eigenvalue weighted by Gasteiger charge is -2.11. The van der Waals surface area contributed by atoms with Crippen molar-refractivity contribution in [1.82, 2.24) is 20.5 Å². The molecule has 2 N–H and O–H groups in total. The molecule has 0 aromatic carbocycles. The molecule has 1 unspecified atom stereocenters. The molecule has 0 spiro atoms. The summed E-state index contributed by atoms with van der Waals surface area (Å²) in [6.45, 7) is 1.99. The lowest BCUT2D eigenvalue weighted by atomic mass is 10.2. The summed E-state index contributed by atoms with van der Waals surface area (Å²) in [5.74, 6) is -0.154. The maximum atomic E-state index is 12.2. The highest BCUT2D eigenvalue weighted by atomic mass is 32.1. The molecule has 22 heavy (non-hydrogen) atoms. The Balaban J connectivity index is 1.64. The van der Waals surface area contributed by atoms with Gasteiger partial charge in [0, 0.05) is 23.5 Å². The second-order valence-corrected chi connectivity index (χ2v) is 6.07. The average Bonchev–Trinajstić information content (AvgIpc) is 3.19. The average molecular weight is 312 g/mol. The second-order valence-electron chi connectivity index (χ2n) is 5.04. The highest BCUT2D eigenvalue weighted by Gasteiger charge is 2.14. The summed E-state index contributed by atoms with van der Waals surface area (Å²) in [6, 6.07) is 11.5. The quantitative estimate of drug-likeness (QED) is 0.761. The van der Waals surface area contributed by atoms with Gasteiger partial charge >= 0.3 is 0 Å². The van der Waals surface area contributed by atoms with Crippen molar-refractivity contribution in [3.63, 3.8) is 0 Å². The first-order valence-corrected chi connectivity index (χ1v) is 7.90. The minimum atomic E-state index is -0.154. The van der Waals surface area contributed by atoms with Gasteiger partial charge in [0.1, 0.15) is 11.4 Å². The number of nitrogens with zero attached hydrogens (tertiary/aromatic N) is 2. The highest BCUT2D eigenvalue weighted by molar-refractivity contribution is 7.09. The Hall–Kier alpha value is -2.47. The van der Waals surface area contributed by atoms with Crippen LogP contribution >= 0.6 is 11.3 Å². The van der Waals surface area contributed by atoms with Crippen LogP contribution in [0, 0.1) is 0 Å². The largest absolute Gasteiger partial charge is 0.348 e. The third-order valence-electron chi connectivity index (χ3n) is 3.21. The van der Waals surface area contributed by atoms with Gasteiger partial charge in [0.15, 0.2) is 0 Å². The summed E-state index contributed by atoms with van der Waals surface area (Å²) in [6.07, 6.45) is 2.53. The van der Waals surface area contributed by atoms with E-state index in [1.165, 1.54) is 4.88 Å². The third-order valence-corrected chi connectivity index (χ3v) is 4.11. The number of aromatic nitrogens is 3. The number of hydrogen-bond acceptors (Lipinski definition) is 4. The first kappa shape index (κ1) is 14.5. The Morgan fingerprint density at radius 2 is 2.23 bits per heavy atom. The van der Waals surface area contributed by atoms with Crippen molar-refractivity contribution in [3.8, 4) is 11.4 Å². The van der Waals surface area contributed by atoms with E-state index in [1.807, 2.05) is 36.6 Å². The number of rotatable bonds is 5. The molecule has 5 nitrogen and oxygen atoms in total. The number of pyridine rings is 1. The SMILES string of the molecule is CC(Cc1cccs1)NC(=O)c1cc(-c2ccccn2)n[nH]1. The van der Waals surface area contributed by atoms with E-state index in [-0.39, 0.29) is 11.9 Å². The van der Waals surface area contributed by atoms with E-state index in [4.69, 9.17) is 0 Å². The first-order chi connectivity index (χ1) is 10.7. The minimum absolute atomic E-state index is 0.0627. The monoisotopic (exact) mass is 312 g/mol. The van der Waals surface area contributed by atoms with Crippen LogP contribution in [0.5, 0.6) is 0 Å². The Kier molecular flexibility index (Phi) is 4.29. The number of H-pyrrole nitrogens is 1. The molecule has 0 saturated carbocycles. The molecule has 0 aliphatic carbocycles. The molecule has 1 atom stereocenters. The van der Waals surface area contributed by atoms with Gasteiger partial charge in [0.25, 0.3) is 5.91 Å². The Morgan fingerprint density at radius 3 is 2.95 bits per heavy atom. The molecule has 3 aromatic heterocycles. The van der Waals surface area contributed by atoms with Gasteiger partial charge in [-0.25, -0.2) is 0 Å². The van der Waals surface area contributed by atoms with Crippen LogP contribution in [0.2, 0.25) is 0 Å². The molecule has 3 rings (SSSR count). The fraction of sp³-hybridized carbons (Fsp3) is 0.188. The zero-order valence-electron chi connectivity index (χ0n) is 12.1. The molecule has 0 aliphatic rings. The number of nitrogens with one attached hydrogen (secondary N) is 2. The Morgan fingerprint density at radius 1 is 1.32 bits per heavy atom. The van der Waals surface area contributed by atoms with Crippen molar-refractivity contribution >= 4 is 17.2 Å². The fourth-order valence-corrected chi connectivity index (χ4v) is 3.00. The fourth-order valence-electron chi connectivity index (χ4n) is 2.17. The zero-order chi connectivity index (χ0) is 15.4. The molecular weight excluding hydrogens is 296 g/mol. The van der Waals surface area contributed by atoms with Crippen LogP contribution in [0.15, 0.2) is 48.0 Å². The smallest absolute Gasteiger partial charge is 0.269 e. The van der Waals surface area contributed by atoms with Crippen molar-refractivity contribution in [3.05, 3.63) is 58.5 Å². The molecule has 0 saturated heterocycles. The van der Waals surface area contributed by atoms with E-state index < -0.39 is 0 Å². The van der Waals surface area contributed by atoms with Crippen LogP contribution in [0.4, 0.5) is 0 Å². The van der Waals surface area contributed by atoms with Crippen LogP contribution in [0.3, 0.4) is 0 Å². The summed E-state index contributed by atoms with van der Waals surface area (Å²) in [7, 11) is 0. The predicted octanol–water partition coefficient (Wildman–Crippen LogP) is 2.89. The summed E-state index contributed by atoms with van der Waals surface area (Å²) in [5, 5.41) is 11.9. The molecular formula is C16H16N4OS. The number of hydrogen-bond donors (Lipinski definition) is 2. The van der Waals surface area contributed by atoms with Gasteiger partial charge in [-0.15, -0.1) is 11.3 Å². The normalized spacial score (nSPS) is 12.0. The predicted molar refractivity (Wildman–Crippen MR) is 86.8 cm³/mol. The Labute approximate surface area is 132 Å². The summed E-state index contributed by atoms with van der Waals surface area (Å²) in [4.78, 5) is 17.7. The van der Waals surface area contributed by atoms with Crippen molar-refractivity contribution < 1.29 is 4.79 Å². The topological polar surface area (TPSA) is 70.7 Å². The van der Waals surface area contributed by atoms with Gasteiger partial charge in [0.2, 0.25) is 0 Å². The second kappa shape index (κ2) is 6.53. The molecule has 0 aliphatic heterocycles. The zero-order valence-corrected chi connectivity index (χ0v) is 12.9. The van der Waals surface area contributed by atoms with Crippen molar-refractivity contribution in [2.24, 2.45) is 0 Å². The van der Waals surface area contributed by atoms with Crippen molar-refractivity contribution in [2.45, 2.75) is 19.4 Å². The maximum absolute atomic E-state index is 12.2. The molecule has 3 aromatic rings. The van der Waals surface area contributed by atoms with Gasteiger partial charge < -0.3 is 5.32 Å². The van der Waals surface area contributed by atoms with Crippen LogP contribution in [0.1, 0.15) is 22.3 Å². The van der Waals surface area contributed by atoms with E-state index in [9.17, 15) is 4.79 Å². The molecule has 0 fully saturated rings. The summed E-state index contributed by atoms with van der Waals surface area (Å²) in [5.41, 5.74) is 1.85. The summed E-state index contributed by atoms with van der Waals surface area (Å²) >= 11 is 1.70. The van der Waals surface area contributed by atoms with Gasteiger partial charge in [-0.1, -0.05) is 12.1 Å². The Bertz CT molecular complexity index is 737. The van der Waals surface area contributed by atoms with Crippen molar-refractivity contribution in [1.29, 1.82) is 0 Å². The molecule has 112 valence electrons. The van der Waals surface area contributed by atoms with Crippen LogP contribution in [-0.4, -0.2) is 27.1 Å². The number of carbonyl (C=O) groups excluding carboxylic acids is 1. The number of aromatic amines is 1. The maximum Gasteiger partial charge on any atom is 0.269 e. The van der Waals surface area contributed by atoms with Gasteiger partial charge in [0.05, 0.1) is 5.69 Å². The molecule has 0 bridgehead atoms. The highest BCUT2D eigenvalue weighted by Crippen LogP contribution is 2.15. The van der Waals surface area contributed by atoms with Crippen LogP contribution in [-0.2, 0) is 6.42 Å². The number of carbonyl (C=O) groups is 1. The molecule has 1 amide bonds. The summed E-state index contributed by atoms with van der Waals surface area (Å²) < 4.78 is 0. The molecule has 6 heteroatoms. The van der Waals surface area contributed by atoms with Gasteiger partial charge in [-0.2, -0.15) is 5.10 Å². The van der Waals surface area contributed by atoms with E-state index in [0.717, 1.165) is 12.1 Å². The number of thiophene rings is 1. The van der Waals surface area contributed by atoms with Gasteiger partial charge in [-0.05, 0) is 36.6 Å². The standard InChI is InChI=1S/C16H16N4OS/c1-11(9-12-5-4-8-22-12)18-16(21)15-10-14(19-20-15)13-6-2-3-7-17-13/h2-8,10-11H,9H2,1H3,(H,18,21)(H,19,20). The number of amides is 1. The molecule has 0 radical (unpaired) electrons. The lowest BCUT2D eigenvalue weighted by Crippen LogP contribution is -2.34. The van der Waals surface area contributed by atoms with E-state index in [0.29, 0.717) is 11.4 Å². The van der Waals surface area contributed by atoms with E-state index in [1.54, 1.807) is 23.6 Å². The van der Waals surface area contributed by atoms with Gasteiger partial charge in [-0.3, -0.25) is 14.9 Å².